The van der Waals surface area contributed by atoms with Crippen molar-refractivity contribution in [3.05, 3.63) is 49.6 Å². The number of thiophene rings is 1. The van der Waals surface area contributed by atoms with Crippen molar-refractivity contribution in [1.82, 2.24) is 0 Å². The van der Waals surface area contributed by atoms with E-state index in [1.54, 1.807) is 24.3 Å². The lowest BCUT2D eigenvalue weighted by atomic mass is 10.2. The highest BCUT2D eigenvalue weighted by molar-refractivity contribution is 7.14. The Labute approximate surface area is 137 Å². The number of aromatic carboxylic acids is 1. The van der Waals surface area contributed by atoms with Gasteiger partial charge in [-0.3, -0.25) is 0 Å². The van der Waals surface area contributed by atoms with E-state index in [9.17, 15) is 9.90 Å². The quantitative estimate of drug-likeness (QED) is 0.774. The van der Waals surface area contributed by atoms with Gasteiger partial charge in [0.25, 0.3) is 0 Å². The average Bonchev–Trinajstić information content (AvgIpc) is 2.81. The van der Waals surface area contributed by atoms with Crippen LogP contribution in [0.2, 0.25) is 10.0 Å². The van der Waals surface area contributed by atoms with Gasteiger partial charge >= 0.3 is 5.97 Å². The van der Waals surface area contributed by atoms with Crippen molar-refractivity contribution >= 4 is 40.5 Å². The topological polar surface area (TPSA) is 46.5 Å². The summed E-state index contributed by atoms with van der Waals surface area (Å²) < 4.78 is 5.63. The zero-order valence-electron chi connectivity index (χ0n) is 11.4. The highest BCUT2D eigenvalue weighted by Crippen LogP contribution is 2.31. The van der Waals surface area contributed by atoms with E-state index in [1.807, 2.05) is 6.92 Å². The van der Waals surface area contributed by atoms with Crippen molar-refractivity contribution in [2.75, 3.05) is 0 Å². The fourth-order valence-corrected chi connectivity index (χ4v) is 3.35. The van der Waals surface area contributed by atoms with E-state index in [-0.39, 0.29) is 11.5 Å². The van der Waals surface area contributed by atoms with Crippen molar-refractivity contribution < 1.29 is 14.6 Å². The van der Waals surface area contributed by atoms with Gasteiger partial charge < -0.3 is 9.84 Å². The molecular formula is C15H14Cl2O3S. The Morgan fingerprint density at radius 1 is 1.33 bits per heavy atom. The van der Waals surface area contributed by atoms with Gasteiger partial charge in [-0.15, -0.1) is 11.3 Å². The molecule has 0 bridgehead atoms. The highest BCUT2D eigenvalue weighted by Gasteiger charge is 2.17. The van der Waals surface area contributed by atoms with Crippen molar-refractivity contribution in [3.8, 4) is 5.75 Å². The zero-order valence-corrected chi connectivity index (χ0v) is 13.7. The summed E-state index contributed by atoms with van der Waals surface area (Å²) in [4.78, 5) is 12.5. The minimum absolute atomic E-state index is 0.207. The first kappa shape index (κ1) is 16.1. The SMILES string of the molecule is CCCc1cc(OCc2ccc(Cl)cc2Cl)c(C(=O)O)s1. The lowest BCUT2D eigenvalue weighted by Crippen LogP contribution is -2.00. The Kier molecular flexibility index (Phi) is 5.51. The molecule has 3 nitrogen and oxygen atoms in total. The molecule has 2 aromatic rings. The van der Waals surface area contributed by atoms with Crippen LogP contribution in [-0.2, 0) is 13.0 Å². The Bertz CT molecular complexity index is 652. The number of carboxylic acid groups (broad SMARTS) is 1. The smallest absolute Gasteiger partial charge is 0.349 e. The number of halogens is 2. The molecule has 0 saturated carbocycles. The van der Waals surface area contributed by atoms with E-state index >= 15 is 0 Å². The third-order valence-electron chi connectivity index (χ3n) is 2.84. The van der Waals surface area contributed by atoms with E-state index in [4.69, 9.17) is 27.9 Å². The molecule has 0 aliphatic carbocycles. The maximum atomic E-state index is 11.2. The molecule has 112 valence electrons. The monoisotopic (exact) mass is 344 g/mol. The van der Waals surface area contributed by atoms with Crippen molar-refractivity contribution in [2.24, 2.45) is 0 Å². The zero-order chi connectivity index (χ0) is 15.4. The third-order valence-corrected chi connectivity index (χ3v) is 4.59. The summed E-state index contributed by atoms with van der Waals surface area (Å²) >= 11 is 13.2. The first-order valence-electron chi connectivity index (χ1n) is 6.44. The Hall–Kier alpha value is -1.23. The summed E-state index contributed by atoms with van der Waals surface area (Å²) in [5.74, 6) is -0.582. The standard InChI is InChI=1S/C15H14Cl2O3S/c1-2-3-11-7-13(14(21-11)15(18)19)20-8-9-4-5-10(16)6-12(9)17/h4-7H,2-3,8H2,1H3,(H,18,19). The molecule has 0 aliphatic rings. The van der Waals surface area contributed by atoms with E-state index in [0.29, 0.717) is 15.8 Å². The summed E-state index contributed by atoms with van der Waals surface area (Å²) in [7, 11) is 0. The van der Waals surface area contributed by atoms with Crippen LogP contribution in [0.3, 0.4) is 0 Å². The molecule has 0 fully saturated rings. The Morgan fingerprint density at radius 3 is 2.71 bits per heavy atom. The van der Waals surface area contributed by atoms with Crippen LogP contribution in [0.1, 0.15) is 33.5 Å². The maximum absolute atomic E-state index is 11.2. The number of carboxylic acids is 1. The first-order chi connectivity index (χ1) is 10.0. The second-order valence-corrected chi connectivity index (χ2v) is 6.47. The molecule has 0 aliphatic heterocycles. The van der Waals surface area contributed by atoms with Crippen LogP contribution in [0, 0.1) is 0 Å². The lowest BCUT2D eigenvalue weighted by Gasteiger charge is -2.07. The van der Waals surface area contributed by atoms with Crippen molar-refractivity contribution in [2.45, 2.75) is 26.4 Å². The predicted molar refractivity (Wildman–Crippen MR) is 86.1 cm³/mol. The molecule has 0 atom stereocenters. The second kappa shape index (κ2) is 7.16. The number of hydrogen-bond donors (Lipinski definition) is 1. The van der Waals surface area contributed by atoms with Gasteiger partial charge in [-0.1, -0.05) is 42.6 Å². The van der Waals surface area contributed by atoms with Gasteiger partial charge in [-0.25, -0.2) is 4.79 Å². The fourth-order valence-electron chi connectivity index (χ4n) is 1.84. The molecule has 1 aromatic carbocycles. The summed E-state index contributed by atoms with van der Waals surface area (Å²) in [5, 5.41) is 10.3. The second-order valence-electron chi connectivity index (χ2n) is 4.49. The summed E-state index contributed by atoms with van der Waals surface area (Å²) in [6.07, 6.45) is 1.80. The molecule has 0 saturated heterocycles. The molecule has 2 rings (SSSR count). The maximum Gasteiger partial charge on any atom is 0.349 e. The minimum atomic E-state index is -0.973. The molecule has 1 aromatic heterocycles. The van der Waals surface area contributed by atoms with Crippen molar-refractivity contribution in [1.29, 1.82) is 0 Å². The van der Waals surface area contributed by atoms with Crippen LogP contribution in [0.5, 0.6) is 5.75 Å². The van der Waals surface area contributed by atoms with Crippen LogP contribution >= 0.6 is 34.5 Å². The van der Waals surface area contributed by atoms with Crippen LogP contribution in [-0.4, -0.2) is 11.1 Å². The van der Waals surface area contributed by atoms with Crippen LogP contribution in [0.25, 0.3) is 0 Å². The third kappa shape index (κ3) is 4.13. The number of ether oxygens (including phenoxy) is 1. The fraction of sp³-hybridized carbons (Fsp3) is 0.267. The molecule has 1 heterocycles. The minimum Gasteiger partial charge on any atom is -0.487 e. The number of rotatable bonds is 6. The van der Waals surface area contributed by atoms with Crippen molar-refractivity contribution in [3.63, 3.8) is 0 Å². The number of carbonyl (C=O) groups is 1. The molecule has 6 heteroatoms. The average molecular weight is 345 g/mol. The number of aryl methyl sites for hydroxylation is 1. The largest absolute Gasteiger partial charge is 0.487 e. The molecule has 0 unspecified atom stereocenters. The summed E-state index contributed by atoms with van der Waals surface area (Å²) in [6.45, 7) is 2.26. The van der Waals surface area contributed by atoms with Gasteiger partial charge in [-0.05, 0) is 24.6 Å². The van der Waals surface area contributed by atoms with Gasteiger partial charge in [0.15, 0.2) is 4.88 Å². The van der Waals surface area contributed by atoms with Crippen LogP contribution < -0.4 is 4.74 Å². The van der Waals surface area contributed by atoms with Gasteiger partial charge in [0.2, 0.25) is 0 Å². The normalized spacial score (nSPS) is 10.6. The Morgan fingerprint density at radius 2 is 2.10 bits per heavy atom. The van der Waals surface area contributed by atoms with Gasteiger partial charge in [0, 0.05) is 20.5 Å². The lowest BCUT2D eigenvalue weighted by molar-refractivity contribution is 0.0697. The molecule has 0 amide bonds. The molecular weight excluding hydrogens is 331 g/mol. The van der Waals surface area contributed by atoms with E-state index in [1.165, 1.54) is 11.3 Å². The van der Waals surface area contributed by atoms with E-state index in [2.05, 4.69) is 0 Å². The number of hydrogen-bond acceptors (Lipinski definition) is 3. The molecule has 0 spiro atoms. The number of benzene rings is 1. The molecule has 0 radical (unpaired) electrons. The summed E-state index contributed by atoms with van der Waals surface area (Å²) in [6, 6.07) is 6.92. The van der Waals surface area contributed by atoms with Crippen LogP contribution in [0.15, 0.2) is 24.3 Å². The first-order valence-corrected chi connectivity index (χ1v) is 8.01. The highest BCUT2D eigenvalue weighted by atomic mass is 35.5. The van der Waals surface area contributed by atoms with Gasteiger partial charge in [-0.2, -0.15) is 0 Å². The van der Waals surface area contributed by atoms with Gasteiger partial charge in [0.05, 0.1) is 0 Å². The van der Waals surface area contributed by atoms with E-state index < -0.39 is 5.97 Å². The van der Waals surface area contributed by atoms with Gasteiger partial charge in [0.1, 0.15) is 12.4 Å². The van der Waals surface area contributed by atoms with Crippen LogP contribution in [0.4, 0.5) is 0 Å². The summed E-state index contributed by atoms with van der Waals surface area (Å²) in [5.41, 5.74) is 0.764. The molecule has 1 N–H and O–H groups in total. The Balaban J connectivity index is 2.16. The predicted octanol–water partition coefficient (Wildman–Crippen LogP) is 5.28. The van der Waals surface area contributed by atoms with E-state index in [0.717, 1.165) is 23.3 Å². The molecule has 21 heavy (non-hydrogen) atoms.